The predicted molar refractivity (Wildman–Crippen MR) is 109 cm³/mol. The van der Waals surface area contributed by atoms with Crippen molar-refractivity contribution in [2.45, 2.75) is 25.2 Å². The van der Waals surface area contributed by atoms with Crippen molar-refractivity contribution in [3.8, 4) is 10.6 Å². The lowest BCUT2D eigenvalue weighted by atomic mass is 10.2. The summed E-state index contributed by atoms with van der Waals surface area (Å²) in [4.78, 5) is 14.9. The first-order valence-corrected chi connectivity index (χ1v) is 10.9. The van der Waals surface area contributed by atoms with Gasteiger partial charge in [-0.1, -0.05) is 35.9 Å². The van der Waals surface area contributed by atoms with E-state index in [-0.39, 0.29) is 17.1 Å². The van der Waals surface area contributed by atoms with Crippen LogP contribution < -0.4 is 4.72 Å². The summed E-state index contributed by atoms with van der Waals surface area (Å²) in [6.07, 6.45) is 0.426. The zero-order chi connectivity index (χ0) is 20.3. The average molecular weight is 418 g/mol. The Kier molecular flexibility index (Phi) is 5.87. The van der Waals surface area contributed by atoms with Crippen molar-refractivity contribution in [3.05, 3.63) is 74.8 Å². The van der Waals surface area contributed by atoms with Gasteiger partial charge in [-0.25, -0.2) is 18.1 Å². The number of thiazole rings is 1. The molecule has 0 saturated carbocycles. The highest BCUT2D eigenvalue weighted by molar-refractivity contribution is 7.89. The molecule has 0 amide bonds. The number of hydrogen-bond acceptors (Lipinski definition) is 6. The molecule has 28 heavy (non-hydrogen) atoms. The summed E-state index contributed by atoms with van der Waals surface area (Å²) in [6.45, 7) is 3.74. The third-order valence-electron chi connectivity index (χ3n) is 4.21. The topological polar surface area (TPSA) is 102 Å². The molecule has 3 aromatic rings. The van der Waals surface area contributed by atoms with Gasteiger partial charge in [0.15, 0.2) is 0 Å². The van der Waals surface area contributed by atoms with E-state index in [1.807, 2.05) is 36.6 Å². The van der Waals surface area contributed by atoms with Gasteiger partial charge in [0, 0.05) is 35.5 Å². The smallest absolute Gasteiger partial charge is 0.258 e. The maximum Gasteiger partial charge on any atom is 0.273 e. The normalized spacial score (nSPS) is 11.5. The summed E-state index contributed by atoms with van der Waals surface area (Å²) in [7, 11) is -3.83. The molecule has 146 valence electrons. The molecule has 2 aromatic carbocycles. The number of nitro groups is 1. The summed E-state index contributed by atoms with van der Waals surface area (Å²) in [5, 5.41) is 13.8. The molecule has 7 nitrogen and oxygen atoms in total. The first kappa shape index (κ1) is 20.1. The van der Waals surface area contributed by atoms with Crippen LogP contribution in [0.4, 0.5) is 5.69 Å². The first-order chi connectivity index (χ1) is 13.3. The number of hydrogen-bond donors (Lipinski definition) is 1. The van der Waals surface area contributed by atoms with Gasteiger partial charge in [0.2, 0.25) is 10.0 Å². The summed E-state index contributed by atoms with van der Waals surface area (Å²) in [6, 6.07) is 11.9. The Bertz CT molecular complexity index is 1110. The van der Waals surface area contributed by atoms with Crippen LogP contribution in [0.1, 0.15) is 16.8 Å². The van der Waals surface area contributed by atoms with Gasteiger partial charge in [0.25, 0.3) is 5.69 Å². The Labute approximate surface area is 167 Å². The molecule has 3 rings (SSSR count). The number of sulfonamides is 1. The van der Waals surface area contributed by atoms with Crippen molar-refractivity contribution >= 4 is 27.0 Å². The van der Waals surface area contributed by atoms with Gasteiger partial charge in [-0.3, -0.25) is 10.1 Å². The van der Waals surface area contributed by atoms with Crippen LogP contribution in [0, 0.1) is 24.0 Å². The van der Waals surface area contributed by atoms with Crippen LogP contribution in [-0.2, 0) is 16.4 Å². The molecule has 0 saturated heterocycles. The number of aryl methyl sites for hydroxylation is 2. The van der Waals surface area contributed by atoms with Crippen molar-refractivity contribution in [1.29, 1.82) is 0 Å². The predicted octanol–water partition coefficient (Wildman–Crippen LogP) is 3.86. The van der Waals surface area contributed by atoms with Gasteiger partial charge in [-0.15, -0.1) is 11.3 Å². The Hall–Kier alpha value is -2.62. The van der Waals surface area contributed by atoms with Gasteiger partial charge in [0.05, 0.1) is 15.5 Å². The van der Waals surface area contributed by atoms with E-state index in [1.165, 1.54) is 29.0 Å². The van der Waals surface area contributed by atoms with E-state index in [4.69, 9.17) is 0 Å². The fraction of sp³-hybridized carbons (Fsp3) is 0.211. The highest BCUT2D eigenvalue weighted by Gasteiger charge is 2.19. The molecule has 0 aliphatic heterocycles. The van der Waals surface area contributed by atoms with Crippen LogP contribution >= 0.6 is 11.3 Å². The summed E-state index contributed by atoms with van der Waals surface area (Å²) >= 11 is 1.51. The summed E-state index contributed by atoms with van der Waals surface area (Å²) in [5.41, 5.74) is 3.18. The minimum atomic E-state index is -3.83. The van der Waals surface area contributed by atoms with Gasteiger partial charge < -0.3 is 0 Å². The number of aromatic nitrogens is 1. The molecule has 0 bridgehead atoms. The molecule has 0 radical (unpaired) electrons. The van der Waals surface area contributed by atoms with E-state index in [0.29, 0.717) is 12.0 Å². The number of nitrogens with one attached hydrogen (secondary N) is 1. The molecule has 0 aliphatic rings. The van der Waals surface area contributed by atoms with E-state index >= 15 is 0 Å². The molecule has 0 fully saturated rings. The van der Waals surface area contributed by atoms with E-state index in [1.54, 1.807) is 6.92 Å². The van der Waals surface area contributed by atoms with Crippen LogP contribution in [0.3, 0.4) is 0 Å². The largest absolute Gasteiger partial charge is 0.273 e. The lowest BCUT2D eigenvalue weighted by Crippen LogP contribution is -2.26. The fourth-order valence-corrected chi connectivity index (χ4v) is 4.51. The highest BCUT2D eigenvalue weighted by Crippen LogP contribution is 2.24. The second-order valence-corrected chi connectivity index (χ2v) is 8.99. The Balaban J connectivity index is 1.65. The van der Waals surface area contributed by atoms with Crippen molar-refractivity contribution < 1.29 is 13.3 Å². The molecule has 1 N–H and O–H groups in total. The van der Waals surface area contributed by atoms with Gasteiger partial charge >= 0.3 is 0 Å². The molecule has 0 spiro atoms. The SMILES string of the molecule is Cc1ccc(-c2nc(CCNS(=O)(=O)c3ccc(C)c([N+](=O)[O-])c3)cs2)cc1. The van der Waals surface area contributed by atoms with Gasteiger partial charge in [0.1, 0.15) is 5.01 Å². The maximum atomic E-state index is 12.4. The minimum Gasteiger partial charge on any atom is -0.258 e. The summed E-state index contributed by atoms with van der Waals surface area (Å²) in [5.74, 6) is 0. The monoisotopic (exact) mass is 417 g/mol. The number of benzene rings is 2. The van der Waals surface area contributed by atoms with Crippen LogP contribution in [0.15, 0.2) is 52.7 Å². The van der Waals surface area contributed by atoms with Crippen molar-refractivity contribution in [2.75, 3.05) is 6.54 Å². The van der Waals surface area contributed by atoms with Crippen LogP contribution in [0.5, 0.6) is 0 Å². The zero-order valence-corrected chi connectivity index (χ0v) is 17.0. The highest BCUT2D eigenvalue weighted by atomic mass is 32.2. The average Bonchev–Trinajstić information content (AvgIpc) is 3.11. The van der Waals surface area contributed by atoms with Gasteiger partial charge in [-0.2, -0.15) is 0 Å². The molecule has 1 aromatic heterocycles. The Morgan fingerprint density at radius 3 is 2.54 bits per heavy atom. The van der Waals surface area contributed by atoms with Crippen molar-refractivity contribution in [3.63, 3.8) is 0 Å². The van der Waals surface area contributed by atoms with Crippen molar-refractivity contribution in [2.24, 2.45) is 0 Å². The van der Waals surface area contributed by atoms with E-state index < -0.39 is 14.9 Å². The molecular formula is C19H19N3O4S2. The standard InChI is InChI=1S/C19H19N3O4S2/c1-13-3-6-15(7-4-13)19-21-16(12-27-19)9-10-20-28(25,26)17-8-5-14(2)18(11-17)22(23)24/h3-8,11-12,20H,9-10H2,1-2H3. The lowest BCUT2D eigenvalue weighted by molar-refractivity contribution is -0.385. The lowest BCUT2D eigenvalue weighted by Gasteiger charge is -2.07. The first-order valence-electron chi connectivity index (χ1n) is 8.52. The van der Waals surface area contributed by atoms with Crippen LogP contribution in [0.2, 0.25) is 0 Å². The maximum absolute atomic E-state index is 12.4. The quantitative estimate of drug-likeness (QED) is 0.465. The number of nitro benzene ring substituents is 1. The third-order valence-corrected chi connectivity index (χ3v) is 6.61. The van der Waals surface area contributed by atoms with E-state index in [0.717, 1.165) is 22.3 Å². The Morgan fingerprint density at radius 1 is 1.14 bits per heavy atom. The zero-order valence-electron chi connectivity index (χ0n) is 15.4. The molecular weight excluding hydrogens is 398 g/mol. The molecule has 1 heterocycles. The van der Waals surface area contributed by atoms with Gasteiger partial charge in [-0.05, 0) is 19.9 Å². The van der Waals surface area contributed by atoms with Crippen LogP contribution in [-0.4, -0.2) is 24.9 Å². The summed E-state index contributed by atoms with van der Waals surface area (Å²) < 4.78 is 27.3. The molecule has 0 atom stereocenters. The molecule has 0 unspecified atom stereocenters. The van der Waals surface area contributed by atoms with Crippen LogP contribution in [0.25, 0.3) is 10.6 Å². The fourth-order valence-electron chi connectivity index (χ4n) is 2.60. The Morgan fingerprint density at radius 2 is 1.86 bits per heavy atom. The second kappa shape index (κ2) is 8.17. The number of nitrogens with zero attached hydrogens (tertiary/aromatic N) is 2. The second-order valence-electron chi connectivity index (χ2n) is 6.36. The third kappa shape index (κ3) is 4.61. The minimum absolute atomic E-state index is 0.122. The van der Waals surface area contributed by atoms with E-state index in [9.17, 15) is 18.5 Å². The number of rotatable bonds is 7. The van der Waals surface area contributed by atoms with E-state index in [2.05, 4.69) is 9.71 Å². The molecule has 9 heteroatoms. The van der Waals surface area contributed by atoms with Crippen molar-refractivity contribution in [1.82, 2.24) is 9.71 Å². The molecule has 0 aliphatic carbocycles.